The van der Waals surface area contributed by atoms with E-state index >= 15 is 0 Å². The second-order valence-corrected chi connectivity index (χ2v) is 4.19. The smallest absolute Gasteiger partial charge is 0.292 e. The van der Waals surface area contributed by atoms with Crippen LogP contribution in [0, 0.1) is 16.0 Å². The molecule has 0 aliphatic heterocycles. The lowest BCUT2D eigenvalue weighted by Gasteiger charge is -2.12. The maximum Gasteiger partial charge on any atom is 0.292 e. The van der Waals surface area contributed by atoms with Crippen LogP contribution in [0.4, 0.5) is 11.4 Å². The van der Waals surface area contributed by atoms with Crippen molar-refractivity contribution in [2.45, 2.75) is 13.3 Å². The first kappa shape index (κ1) is 14.4. The Balaban J connectivity index is 2.99. The molecule has 0 spiro atoms. The standard InChI is InChI=1S/C11H14ClN3O3/c1-2-7(6-13)11(16)14-9-5-8(12)3-4-10(9)15(17)18/h3-5,7H,2,6,13H2,1H3,(H,14,16). The summed E-state index contributed by atoms with van der Waals surface area (Å²) >= 11 is 5.75. The van der Waals surface area contributed by atoms with Crippen LogP contribution in [0.1, 0.15) is 13.3 Å². The number of halogens is 1. The summed E-state index contributed by atoms with van der Waals surface area (Å²) in [6.07, 6.45) is 0.566. The number of amides is 1. The molecule has 3 N–H and O–H groups in total. The topological polar surface area (TPSA) is 98.3 Å². The molecule has 1 rings (SSSR count). The minimum atomic E-state index is -0.574. The normalized spacial score (nSPS) is 11.9. The molecule has 0 aromatic heterocycles. The van der Waals surface area contributed by atoms with Crippen LogP contribution in [0.5, 0.6) is 0 Å². The van der Waals surface area contributed by atoms with E-state index in [1.54, 1.807) is 0 Å². The molecule has 1 atom stereocenters. The second-order valence-electron chi connectivity index (χ2n) is 3.75. The van der Waals surface area contributed by atoms with Gasteiger partial charge < -0.3 is 11.1 Å². The largest absolute Gasteiger partial charge is 0.330 e. The van der Waals surface area contributed by atoms with Gasteiger partial charge in [0, 0.05) is 17.6 Å². The quantitative estimate of drug-likeness (QED) is 0.633. The molecule has 7 heteroatoms. The lowest BCUT2D eigenvalue weighted by Crippen LogP contribution is -2.28. The molecule has 0 heterocycles. The molecular formula is C11H14ClN3O3. The maximum atomic E-state index is 11.8. The van der Waals surface area contributed by atoms with E-state index in [0.717, 1.165) is 0 Å². The molecular weight excluding hydrogens is 258 g/mol. The van der Waals surface area contributed by atoms with Crippen molar-refractivity contribution in [1.29, 1.82) is 0 Å². The molecule has 0 saturated carbocycles. The number of anilines is 1. The Morgan fingerprint density at radius 2 is 2.28 bits per heavy atom. The number of rotatable bonds is 5. The minimum absolute atomic E-state index is 0.0874. The highest BCUT2D eigenvalue weighted by Gasteiger charge is 2.20. The van der Waals surface area contributed by atoms with Gasteiger partial charge in [0.05, 0.1) is 10.8 Å². The minimum Gasteiger partial charge on any atom is -0.330 e. The van der Waals surface area contributed by atoms with Crippen molar-refractivity contribution >= 4 is 28.9 Å². The van der Waals surface area contributed by atoms with E-state index in [9.17, 15) is 14.9 Å². The number of nitro groups is 1. The van der Waals surface area contributed by atoms with Gasteiger partial charge in [0.2, 0.25) is 5.91 Å². The van der Waals surface area contributed by atoms with Crippen molar-refractivity contribution in [1.82, 2.24) is 0 Å². The Hall–Kier alpha value is -1.66. The van der Waals surface area contributed by atoms with Crippen LogP contribution in [-0.4, -0.2) is 17.4 Å². The SMILES string of the molecule is CCC(CN)C(=O)Nc1cc(Cl)ccc1[N+](=O)[O-]. The van der Waals surface area contributed by atoms with E-state index in [-0.39, 0.29) is 29.7 Å². The van der Waals surface area contributed by atoms with Gasteiger partial charge in [-0.2, -0.15) is 0 Å². The molecule has 1 amide bonds. The monoisotopic (exact) mass is 271 g/mol. The van der Waals surface area contributed by atoms with Gasteiger partial charge in [-0.1, -0.05) is 18.5 Å². The first-order valence-corrected chi connectivity index (χ1v) is 5.82. The van der Waals surface area contributed by atoms with E-state index in [1.165, 1.54) is 18.2 Å². The highest BCUT2D eigenvalue weighted by atomic mass is 35.5. The van der Waals surface area contributed by atoms with Gasteiger partial charge in [-0.25, -0.2) is 0 Å². The first-order valence-electron chi connectivity index (χ1n) is 5.44. The number of carbonyl (C=O) groups excluding carboxylic acids is 1. The molecule has 0 fully saturated rings. The van der Waals surface area contributed by atoms with E-state index in [1.807, 2.05) is 6.92 Å². The van der Waals surface area contributed by atoms with Crippen LogP contribution in [0.2, 0.25) is 5.02 Å². The summed E-state index contributed by atoms with van der Waals surface area (Å²) in [5.74, 6) is -0.714. The molecule has 6 nitrogen and oxygen atoms in total. The summed E-state index contributed by atoms with van der Waals surface area (Å²) in [7, 11) is 0. The molecule has 0 aliphatic rings. The predicted molar refractivity (Wildman–Crippen MR) is 69.6 cm³/mol. The summed E-state index contributed by atoms with van der Waals surface area (Å²) in [6, 6.07) is 4.00. The Labute approximate surface area is 109 Å². The Morgan fingerprint density at radius 1 is 1.61 bits per heavy atom. The summed E-state index contributed by atoms with van der Waals surface area (Å²) in [5, 5.41) is 13.6. The van der Waals surface area contributed by atoms with E-state index < -0.39 is 4.92 Å². The molecule has 0 radical (unpaired) electrons. The lowest BCUT2D eigenvalue weighted by molar-refractivity contribution is -0.383. The average Bonchev–Trinajstić information content (AvgIpc) is 2.30. The van der Waals surface area contributed by atoms with Gasteiger partial charge in [-0.05, 0) is 18.6 Å². The van der Waals surface area contributed by atoms with Crippen LogP contribution < -0.4 is 11.1 Å². The van der Waals surface area contributed by atoms with Gasteiger partial charge in [0.1, 0.15) is 5.69 Å². The fraction of sp³-hybridized carbons (Fsp3) is 0.364. The molecule has 1 aromatic carbocycles. The number of carbonyl (C=O) groups is 1. The third-order valence-corrected chi connectivity index (χ3v) is 2.80. The van der Waals surface area contributed by atoms with Gasteiger partial charge in [0.15, 0.2) is 0 Å². The van der Waals surface area contributed by atoms with Gasteiger partial charge in [-0.15, -0.1) is 0 Å². The number of nitrogens with two attached hydrogens (primary N) is 1. The highest BCUT2D eigenvalue weighted by Crippen LogP contribution is 2.28. The lowest BCUT2D eigenvalue weighted by atomic mass is 10.1. The zero-order valence-corrected chi connectivity index (χ0v) is 10.6. The van der Waals surface area contributed by atoms with Crippen molar-refractivity contribution in [3.63, 3.8) is 0 Å². The second kappa shape index (κ2) is 6.32. The van der Waals surface area contributed by atoms with Crippen LogP contribution >= 0.6 is 11.6 Å². The summed E-state index contributed by atoms with van der Waals surface area (Å²) in [5.41, 5.74) is 5.34. The van der Waals surface area contributed by atoms with Crippen LogP contribution in [-0.2, 0) is 4.79 Å². The first-order chi connectivity index (χ1) is 8.49. The fourth-order valence-electron chi connectivity index (χ4n) is 1.46. The van der Waals surface area contributed by atoms with Gasteiger partial charge in [-0.3, -0.25) is 14.9 Å². The average molecular weight is 272 g/mol. The number of hydrogen-bond donors (Lipinski definition) is 2. The van der Waals surface area contributed by atoms with Gasteiger partial charge >= 0.3 is 0 Å². The number of nitro benzene ring substituents is 1. The number of nitrogens with zero attached hydrogens (tertiary/aromatic N) is 1. The predicted octanol–water partition coefficient (Wildman–Crippen LogP) is 2.17. The summed E-state index contributed by atoms with van der Waals surface area (Å²) in [4.78, 5) is 22.0. The molecule has 98 valence electrons. The summed E-state index contributed by atoms with van der Waals surface area (Å²) in [6.45, 7) is 2.01. The molecule has 0 saturated heterocycles. The molecule has 1 aromatic rings. The third-order valence-electron chi connectivity index (χ3n) is 2.56. The third kappa shape index (κ3) is 3.41. The molecule has 0 aliphatic carbocycles. The van der Waals surface area contributed by atoms with Crippen LogP contribution in [0.15, 0.2) is 18.2 Å². The Bertz CT molecular complexity index is 461. The molecule has 0 bridgehead atoms. The van der Waals surface area contributed by atoms with E-state index in [2.05, 4.69) is 5.32 Å². The van der Waals surface area contributed by atoms with Crippen molar-refractivity contribution in [3.05, 3.63) is 33.3 Å². The van der Waals surface area contributed by atoms with Crippen LogP contribution in [0.3, 0.4) is 0 Å². The number of hydrogen-bond acceptors (Lipinski definition) is 4. The fourth-order valence-corrected chi connectivity index (χ4v) is 1.63. The van der Waals surface area contributed by atoms with Crippen molar-refractivity contribution in [3.8, 4) is 0 Å². The van der Waals surface area contributed by atoms with Crippen molar-refractivity contribution in [2.24, 2.45) is 11.7 Å². The van der Waals surface area contributed by atoms with Crippen LogP contribution in [0.25, 0.3) is 0 Å². The highest BCUT2D eigenvalue weighted by molar-refractivity contribution is 6.31. The molecule has 1 unspecified atom stereocenters. The number of nitrogens with one attached hydrogen (secondary N) is 1. The number of benzene rings is 1. The summed E-state index contributed by atoms with van der Waals surface area (Å²) < 4.78 is 0. The Morgan fingerprint density at radius 3 is 2.78 bits per heavy atom. The van der Waals surface area contributed by atoms with Gasteiger partial charge in [0.25, 0.3) is 5.69 Å². The van der Waals surface area contributed by atoms with E-state index in [0.29, 0.717) is 11.4 Å². The maximum absolute atomic E-state index is 11.8. The van der Waals surface area contributed by atoms with E-state index in [4.69, 9.17) is 17.3 Å². The molecule has 18 heavy (non-hydrogen) atoms. The van der Waals surface area contributed by atoms with Crippen molar-refractivity contribution < 1.29 is 9.72 Å². The zero-order valence-electron chi connectivity index (χ0n) is 9.85. The van der Waals surface area contributed by atoms with Crippen molar-refractivity contribution in [2.75, 3.05) is 11.9 Å². The zero-order chi connectivity index (χ0) is 13.7. The Kier molecular flexibility index (Phi) is 5.06.